The standard InChI is InChI=1S/C17H20FN3O2/c18-13-7-14-10(4-5-16(22)19-14)6-15(13)20-17(23)21-8-11-2-1-3-12(11)9-21/h6-7,11-12H,1-5,8-9H2,(H,19,22)(H,20,23)/t11-,12+. The molecule has 1 saturated heterocycles. The number of carbonyl (C=O) groups excluding carboxylic acids is 2. The number of nitrogens with zero attached hydrogens (tertiary/aromatic N) is 1. The maximum Gasteiger partial charge on any atom is 0.321 e. The topological polar surface area (TPSA) is 61.4 Å². The molecule has 4 rings (SSSR count). The molecule has 6 heteroatoms. The molecule has 2 heterocycles. The summed E-state index contributed by atoms with van der Waals surface area (Å²) < 4.78 is 14.2. The van der Waals surface area contributed by atoms with Gasteiger partial charge in [-0.2, -0.15) is 0 Å². The summed E-state index contributed by atoms with van der Waals surface area (Å²) >= 11 is 0. The first-order chi connectivity index (χ1) is 11.1. The van der Waals surface area contributed by atoms with E-state index in [1.807, 2.05) is 0 Å². The van der Waals surface area contributed by atoms with Crippen LogP contribution in [0.4, 0.5) is 20.6 Å². The Bertz CT molecular complexity index is 664. The minimum absolute atomic E-state index is 0.0997. The van der Waals surface area contributed by atoms with Crippen molar-refractivity contribution < 1.29 is 14.0 Å². The van der Waals surface area contributed by atoms with Gasteiger partial charge >= 0.3 is 6.03 Å². The van der Waals surface area contributed by atoms with E-state index in [9.17, 15) is 14.0 Å². The quantitative estimate of drug-likeness (QED) is 0.836. The maximum absolute atomic E-state index is 14.2. The Labute approximate surface area is 134 Å². The molecule has 2 aliphatic heterocycles. The first-order valence-electron chi connectivity index (χ1n) is 8.28. The molecule has 1 aromatic rings. The summed E-state index contributed by atoms with van der Waals surface area (Å²) in [7, 11) is 0. The molecule has 0 radical (unpaired) electrons. The zero-order valence-electron chi connectivity index (χ0n) is 12.9. The van der Waals surface area contributed by atoms with Crippen molar-refractivity contribution in [3.8, 4) is 0 Å². The van der Waals surface area contributed by atoms with Crippen molar-refractivity contribution in [2.75, 3.05) is 23.7 Å². The number of halogens is 1. The van der Waals surface area contributed by atoms with Gasteiger partial charge in [-0.1, -0.05) is 6.42 Å². The molecule has 23 heavy (non-hydrogen) atoms. The van der Waals surface area contributed by atoms with Crippen LogP contribution in [0.5, 0.6) is 0 Å². The molecular weight excluding hydrogens is 297 g/mol. The van der Waals surface area contributed by atoms with Crippen LogP contribution in [-0.2, 0) is 11.2 Å². The number of nitrogens with one attached hydrogen (secondary N) is 2. The number of aryl methyl sites for hydroxylation is 1. The zero-order chi connectivity index (χ0) is 16.0. The third-order valence-corrected chi connectivity index (χ3v) is 5.34. The third-order valence-electron chi connectivity index (χ3n) is 5.34. The molecule has 122 valence electrons. The lowest BCUT2D eigenvalue weighted by Crippen LogP contribution is -2.34. The number of likely N-dealkylation sites (tertiary alicyclic amines) is 1. The number of rotatable bonds is 1. The Morgan fingerprint density at radius 2 is 1.96 bits per heavy atom. The number of hydrogen-bond acceptors (Lipinski definition) is 2. The van der Waals surface area contributed by atoms with E-state index in [1.54, 1.807) is 11.0 Å². The largest absolute Gasteiger partial charge is 0.326 e. The van der Waals surface area contributed by atoms with Crippen molar-refractivity contribution in [1.82, 2.24) is 4.90 Å². The average molecular weight is 317 g/mol. The molecule has 2 fully saturated rings. The second kappa shape index (κ2) is 5.51. The Kier molecular flexibility index (Phi) is 3.47. The van der Waals surface area contributed by atoms with Gasteiger partial charge in [0.05, 0.1) is 5.69 Å². The monoisotopic (exact) mass is 317 g/mol. The molecule has 2 atom stereocenters. The van der Waals surface area contributed by atoms with Crippen molar-refractivity contribution >= 4 is 23.3 Å². The van der Waals surface area contributed by atoms with Crippen LogP contribution in [-0.4, -0.2) is 29.9 Å². The van der Waals surface area contributed by atoms with E-state index in [1.165, 1.54) is 25.3 Å². The Balaban J connectivity index is 1.48. The number of hydrogen-bond donors (Lipinski definition) is 2. The highest BCUT2D eigenvalue weighted by Crippen LogP contribution is 2.38. The Morgan fingerprint density at radius 3 is 2.70 bits per heavy atom. The predicted molar refractivity (Wildman–Crippen MR) is 84.8 cm³/mol. The van der Waals surface area contributed by atoms with E-state index >= 15 is 0 Å². The second-order valence-corrected chi connectivity index (χ2v) is 6.82. The summed E-state index contributed by atoms with van der Waals surface area (Å²) in [6, 6.07) is 2.71. The van der Waals surface area contributed by atoms with Crippen LogP contribution >= 0.6 is 0 Å². The number of amides is 3. The van der Waals surface area contributed by atoms with Gasteiger partial charge in [0.15, 0.2) is 0 Å². The van der Waals surface area contributed by atoms with Crippen LogP contribution in [0.1, 0.15) is 31.2 Å². The molecule has 3 amide bonds. The van der Waals surface area contributed by atoms with Gasteiger partial charge in [0.2, 0.25) is 5.91 Å². The second-order valence-electron chi connectivity index (χ2n) is 6.82. The van der Waals surface area contributed by atoms with Crippen LogP contribution in [0.3, 0.4) is 0 Å². The first-order valence-corrected chi connectivity index (χ1v) is 8.28. The minimum atomic E-state index is -0.515. The van der Waals surface area contributed by atoms with E-state index < -0.39 is 5.82 Å². The SMILES string of the molecule is O=C1CCc2cc(NC(=O)N3C[C@H]4CCC[C@H]4C3)c(F)cc2N1. The van der Waals surface area contributed by atoms with Gasteiger partial charge < -0.3 is 15.5 Å². The summed E-state index contributed by atoms with van der Waals surface area (Å²) in [4.78, 5) is 25.6. The van der Waals surface area contributed by atoms with E-state index in [0.717, 1.165) is 18.7 Å². The normalized spacial score (nSPS) is 25.8. The van der Waals surface area contributed by atoms with Gasteiger partial charge in [-0.15, -0.1) is 0 Å². The predicted octanol–water partition coefficient (Wildman–Crippen LogP) is 2.97. The van der Waals surface area contributed by atoms with Crippen molar-refractivity contribution in [2.45, 2.75) is 32.1 Å². The number of carbonyl (C=O) groups is 2. The summed E-state index contributed by atoms with van der Waals surface area (Å²) in [6.45, 7) is 1.55. The van der Waals surface area contributed by atoms with Gasteiger partial charge in [-0.25, -0.2) is 9.18 Å². The molecular formula is C17H20FN3O2. The van der Waals surface area contributed by atoms with Crippen LogP contribution in [0.15, 0.2) is 12.1 Å². The van der Waals surface area contributed by atoms with E-state index in [-0.39, 0.29) is 17.6 Å². The fourth-order valence-corrected chi connectivity index (χ4v) is 4.09. The minimum Gasteiger partial charge on any atom is -0.326 e. The Hall–Kier alpha value is -2.11. The molecule has 1 saturated carbocycles. The fourth-order valence-electron chi connectivity index (χ4n) is 4.09. The lowest BCUT2D eigenvalue weighted by molar-refractivity contribution is -0.116. The molecule has 0 bridgehead atoms. The summed E-state index contributed by atoms with van der Waals surface area (Å²) in [5, 5.41) is 5.36. The molecule has 3 aliphatic rings. The fraction of sp³-hybridized carbons (Fsp3) is 0.529. The van der Waals surface area contributed by atoms with Gasteiger partial charge in [0, 0.05) is 25.2 Å². The van der Waals surface area contributed by atoms with Crippen LogP contribution < -0.4 is 10.6 Å². The van der Waals surface area contributed by atoms with Crippen molar-refractivity contribution in [3.05, 3.63) is 23.5 Å². The maximum atomic E-state index is 14.2. The van der Waals surface area contributed by atoms with E-state index in [2.05, 4.69) is 10.6 Å². The van der Waals surface area contributed by atoms with Crippen LogP contribution in [0.2, 0.25) is 0 Å². The number of fused-ring (bicyclic) bond motifs is 2. The van der Waals surface area contributed by atoms with Gasteiger partial charge in [0.1, 0.15) is 5.82 Å². The van der Waals surface area contributed by atoms with Crippen molar-refractivity contribution in [1.29, 1.82) is 0 Å². The van der Waals surface area contributed by atoms with Gasteiger partial charge in [-0.05, 0) is 48.8 Å². The highest BCUT2D eigenvalue weighted by molar-refractivity contribution is 5.95. The number of benzene rings is 1. The lowest BCUT2D eigenvalue weighted by atomic mass is 10.0. The molecule has 0 unspecified atom stereocenters. The Morgan fingerprint density at radius 1 is 1.22 bits per heavy atom. The van der Waals surface area contributed by atoms with E-state index in [4.69, 9.17) is 0 Å². The molecule has 5 nitrogen and oxygen atoms in total. The average Bonchev–Trinajstić information content (AvgIpc) is 3.09. The molecule has 0 aromatic heterocycles. The highest BCUT2D eigenvalue weighted by atomic mass is 19.1. The summed E-state index contributed by atoms with van der Waals surface area (Å²) in [5.74, 6) is 0.615. The summed E-state index contributed by atoms with van der Waals surface area (Å²) in [5.41, 5.74) is 1.56. The smallest absolute Gasteiger partial charge is 0.321 e. The van der Waals surface area contributed by atoms with Gasteiger partial charge in [0.25, 0.3) is 0 Å². The number of urea groups is 1. The van der Waals surface area contributed by atoms with E-state index in [0.29, 0.717) is 30.4 Å². The lowest BCUT2D eigenvalue weighted by Gasteiger charge is -2.21. The van der Waals surface area contributed by atoms with Crippen LogP contribution in [0.25, 0.3) is 0 Å². The van der Waals surface area contributed by atoms with Crippen LogP contribution in [0, 0.1) is 17.7 Å². The van der Waals surface area contributed by atoms with Crippen molar-refractivity contribution in [2.24, 2.45) is 11.8 Å². The molecule has 0 spiro atoms. The van der Waals surface area contributed by atoms with Crippen molar-refractivity contribution in [3.63, 3.8) is 0 Å². The van der Waals surface area contributed by atoms with Gasteiger partial charge in [-0.3, -0.25) is 4.79 Å². The summed E-state index contributed by atoms with van der Waals surface area (Å²) in [6.07, 6.45) is 4.61. The highest BCUT2D eigenvalue weighted by Gasteiger charge is 2.38. The molecule has 1 aromatic carbocycles. The third kappa shape index (κ3) is 2.66. The first kappa shape index (κ1) is 14.5. The zero-order valence-corrected chi connectivity index (χ0v) is 12.9. The molecule has 1 aliphatic carbocycles. The number of anilines is 2. The molecule has 2 N–H and O–H groups in total.